The summed E-state index contributed by atoms with van der Waals surface area (Å²) in [5.74, 6) is 0.875. The third-order valence-electron chi connectivity index (χ3n) is 5.53. The lowest BCUT2D eigenvalue weighted by Crippen LogP contribution is -2.40. The molecule has 1 amide bonds. The Morgan fingerprint density at radius 3 is 2.67 bits per heavy atom. The zero-order valence-corrected chi connectivity index (χ0v) is 19.1. The van der Waals surface area contributed by atoms with Crippen LogP contribution in [-0.4, -0.2) is 10.5 Å². The van der Waals surface area contributed by atoms with Gasteiger partial charge in [0.25, 0.3) is 11.5 Å². The van der Waals surface area contributed by atoms with Crippen LogP contribution in [-0.2, 0) is 4.79 Å². The number of aromatic nitrogens is 1. The normalized spacial score (nSPS) is 16.0. The van der Waals surface area contributed by atoms with Crippen LogP contribution >= 0.6 is 11.3 Å². The second-order valence-corrected chi connectivity index (χ2v) is 8.87. The van der Waals surface area contributed by atoms with E-state index in [1.54, 1.807) is 37.7 Å². The molecule has 0 bridgehead atoms. The molecule has 0 aliphatic carbocycles. The number of para-hydroxylation sites is 1. The lowest BCUT2D eigenvalue weighted by atomic mass is 10.00. The fraction of sp³-hybridized carbons (Fsp3) is 0.160. The van der Waals surface area contributed by atoms with Crippen LogP contribution in [0.4, 0.5) is 5.69 Å². The third kappa shape index (κ3) is 3.78. The maximum Gasteiger partial charge on any atom is 0.271 e. The third-order valence-corrected chi connectivity index (χ3v) is 6.51. The SMILES string of the molecule is CC1=C(C(=O)Nc2ccccc2C)C(c2ccc(C)o2)n2c(sc(=Cc3ccoc3)c2=O)=N1. The van der Waals surface area contributed by atoms with Gasteiger partial charge >= 0.3 is 0 Å². The van der Waals surface area contributed by atoms with Crippen LogP contribution in [0.1, 0.15) is 35.6 Å². The number of fused-ring (bicyclic) bond motifs is 1. The molecule has 3 aromatic heterocycles. The predicted octanol–water partition coefficient (Wildman–Crippen LogP) is 3.68. The quantitative estimate of drug-likeness (QED) is 0.504. The van der Waals surface area contributed by atoms with Crippen molar-refractivity contribution in [3.05, 3.63) is 109 Å². The number of amides is 1. The molecule has 33 heavy (non-hydrogen) atoms. The highest BCUT2D eigenvalue weighted by Gasteiger charge is 2.34. The van der Waals surface area contributed by atoms with Gasteiger partial charge in [0.2, 0.25) is 0 Å². The van der Waals surface area contributed by atoms with Crippen molar-refractivity contribution >= 4 is 29.0 Å². The van der Waals surface area contributed by atoms with Crippen LogP contribution < -0.4 is 20.2 Å². The standard InChI is InChI=1S/C25H21N3O4S/c1-14-6-4-5-7-18(14)27-23(29)21-16(3)26-25-28(22(21)19-9-8-15(2)32-19)24(30)20(33-25)12-17-10-11-31-13-17/h4-13,22H,1-3H3,(H,27,29). The fourth-order valence-corrected chi connectivity index (χ4v) is 4.94. The van der Waals surface area contributed by atoms with E-state index in [1.807, 2.05) is 44.2 Å². The molecule has 0 saturated carbocycles. The van der Waals surface area contributed by atoms with Gasteiger partial charge in [0.15, 0.2) is 4.80 Å². The molecule has 1 N–H and O–H groups in total. The van der Waals surface area contributed by atoms with Gasteiger partial charge < -0.3 is 14.2 Å². The van der Waals surface area contributed by atoms with Crippen LogP contribution in [0.5, 0.6) is 0 Å². The Morgan fingerprint density at radius 1 is 1.15 bits per heavy atom. The Balaban J connectivity index is 1.67. The van der Waals surface area contributed by atoms with Crippen LogP contribution in [0.25, 0.3) is 6.08 Å². The number of benzene rings is 1. The monoisotopic (exact) mass is 459 g/mol. The first kappa shape index (κ1) is 21.0. The molecule has 1 aliphatic rings. The van der Waals surface area contributed by atoms with Crippen molar-refractivity contribution in [2.45, 2.75) is 26.8 Å². The molecular formula is C25H21N3O4S. The minimum Gasteiger partial charge on any atom is -0.472 e. The van der Waals surface area contributed by atoms with Gasteiger partial charge in [-0.15, -0.1) is 0 Å². The predicted molar refractivity (Wildman–Crippen MR) is 126 cm³/mol. The zero-order valence-electron chi connectivity index (χ0n) is 18.3. The number of furan rings is 2. The van der Waals surface area contributed by atoms with Gasteiger partial charge in [-0.2, -0.15) is 0 Å². The fourth-order valence-electron chi connectivity index (χ4n) is 3.89. The molecule has 1 aromatic carbocycles. The number of nitrogens with one attached hydrogen (secondary N) is 1. The van der Waals surface area contributed by atoms with E-state index in [-0.39, 0.29) is 11.5 Å². The van der Waals surface area contributed by atoms with Crippen LogP contribution in [0, 0.1) is 13.8 Å². The Morgan fingerprint density at radius 2 is 1.97 bits per heavy atom. The molecule has 166 valence electrons. The van der Waals surface area contributed by atoms with E-state index in [4.69, 9.17) is 8.83 Å². The van der Waals surface area contributed by atoms with Gasteiger partial charge in [-0.3, -0.25) is 14.2 Å². The Kier molecular flexibility index (Phi) is 5.22. The van der Waals surface area contributed by atoms with E-state index in [0.29, 0.717) is 37.8 Å². The molecule has 4 aromatic rings. The van der Waals surface area contributed by atoms with Gasteiger partial charge in [0.1, 0.15) is 17.6 Å². The molecule has 0 saturated heterocycles. The molecule has 4 heterocycles. The number of nitrogens with zero attached hydrogens (tertiary/aromatic N) is 2. The summed E-state index contributed by atoms with van der Waals surface area (Å²) in [6.07, 6.45) is 4.87. The molecule has 1 atom stereocenters. The molecule has 7 nitrogen and oxygen atoms in total. The average molecular weight is 460 g/mol. The number of hydrogen-bond acceptors (Lipinski definition) is 6. The first-order valence-electron chi connectivity index (χ1n) is 10.4. The number of hydrogen-bond donors (Lipinski definition) is 1. The topological polar surface area (TPSA) is 89.7 Å². The molecule has 5 rings (SSSR count). The maximum absolute atomic E-state index is 13.5. The van der Waals surface area contributed by atoms with Crippen LogP contribution in [0.3, 0.4) is 0 Å². The summed E-state index contributed by atoms with van der Waals surface area (Å²) >= 11 is 1.27. The Hall–Kier alpha value is -3.91. The second kappa shape index (κ2) is 8.22. The number of thiazole rings is 1. The first-order valence-corrected chi connectivity index (χ1v) is 11.2. The van der Waals surface area contributed by atoms with Gasteiger partial charge in [0.05, 0.1) is 28.3 Å². The van der Waals surface area contributed by atoms with E-state index in [2.05, 4.69) is 10.3 Å². The minimum atomic E-state index is -0.731. The lowest BCUT2D eigenvalue weighted by Gasteiger charge is -2.23. The smallest absolute Gasteiger partial charge is 0.271 e. The number of carbonyl (C=O) groups is 1. The van der Waals surface area contributed by atoms with Crippen molar-refractivity contribution in [1.82, 2.24) is 4.57 Å². The number of aryl methyl sites for hydroxylation is 2. The van der Waals surface area contributed by atoms with E-state index in [1.165, 1.54) is 15.9 Å². The van der Waals surface area contributed by atoms with Gasteiger partial charge in [-0.1, -0.05) is 29.5 Å². The highest BCUT2D eigenvalue weighted by atomic mass is 32.1. The summed E-state index contributed by atoms with van der Waals surface area (Å²) < 4.78 is 13.1. The summed E-state index contributed by atoms with van der Waals surface area (Å²) in [5, 5.41) is 2.98. The number of anilines is 1. The lowest BCUT2D eigenvalue weighted by molar-refractivity contribution is -0.113. The van der Waals surface area contributed by atoms with Crippen molar-refractivity contribution < 1.29 is 13.6 Å². The number of carbonyl (C=O) groups excluding carboxylic acids is 1. The van der Waals surface area contributed by atoms with Gasteiger partial charge in [-0.05, 0) is 56.7 Å². The Labute approximate surface area is 193 Å². The van der Waals surface area contributed by atoms with Crippen molar-refractivity contribution in [3.8, 4) is 0 Å². The van der Waals surface area contributed by atoms with Crippen LogP contribution in [0.15, 0.2) is 84.9 Å². The van der Waals surface area contributed by atoms with Gasteiger partial charge in [0, 0.05) is 11.3 Å². The number of allylic oxidation sites excluding steroid dienone is 1. The molecule has 0 radical (unpaired) electrons. The van der Waals surface area contributed by atoms with E-state index in [9.17, 15) is 9.59 Å². The second-order valence-electron chi connectivity index (χ2n) is 7.86. The van der Waals surface area contributed by atoms with E-state index < -0.39 is 6.04 Å². The summed E-state index contributed by atoms with van der Waals surface area (Å²) in [7, 11) is 0. The molecule has 8 heteroatoms. The first-order chi connectivity index (χ1) is 15.9. The molecule has 1 aliphatic heterocycles. The minimum absolute atomic E-state index is 0.243. The maximum atomic E-state index is 13.5. The highest BCUT2D eigenvalue weighted by molar-refractivity contribution is 7.07. The van der Waals surface area contributed by atoms with Crippen molar-refractivity contribution in [2.24, 2.45) is 4.99 Å². The summed E-state index contributed by atoms with van der Waals surface area (Å²) in [6.45, 7) is 5.54. The highest BCUT2D eigenvalue weighted by Crippen LogP contribution is 2.32. The molecule has 0 spiro atoms. The van der Waals surface area contributed by atoms with Crippen molar-refractivity contribution in [2.75, 3.05) is 5.32 Å². The summed E-state index contributed by atoms with van der Waals surface area (Å²) in [5.41, 5.74) is 3.08. The van der Waals surface area contributed by atoms with Crippen LogP contribution in [0.2, 0.25) is 0 Å². The van der Waals surface area contributed by atoms with E-state index in [0.717, 1.165) is 11.1 Å². The van der Waals surface area contributed by atoms with Crippen molar-refractivity contribution in [1.29, 1.82) is 0 Å². The number of rotatable bonds is 4. The largest absolute Gasteiger partial charge is 0.472 e. The average Bonchev–Trinajstić information content (AvgIpc) is 3.51. The van der Waals surface area contributed by atoms with Crippen molar-refractivity contribution in [3.63, 3.8) is 0 Å². The molecule has 1 unspecified atom stereocenters. The van der Waals surface area contributed by atoms with E-state index >= 15 is 0 Å². The summed E-state index contributed by atoms with van der Waals surface area (Å²) in [4.78, 5) is 32.1. The zero-order chi connectivity index (χ0) is 23.1. The molecular weight excluding hydrogens is 438 g/mol. The Bertz CT molecular complexity index is 1570. The van der Waals surface area contributed by atoms with Gasteiger partial charge in [-0.25, -0.2) is 4.99 Å². The summed E-state index contributed by atoms with van der Waals surface area (Å²) in [6, 6.07) is 12.2. The molecule has 0 fully saturated rings.